The second-order valence-corrected chi connectivity index (χ2v) is 7.47. The number of quaternary nitrogens is 1. The van der Waals surface area contributed by atoms with E-state index >= 15 is 0 Å². The average Bonchev–Trinajstić information content (AvgIpc) is 2.53. The first-order valence-electron chi connectivity index (χ1n) is 8.92. The Labute approximate surface area is 141 Å². The van der Waals surface area contributed by atoms with Crippen LogP contribution in [-0.4, -0.2) is 42.8 Å². The molecule has 0 amide bonds. The minimum absolute atomic E-state index is 0.0529. The van der Waals surface area contributed by atoms with Gasteiger partial charge in [0.2, 0.25) is 0 Å². The highest BCUT2D eigenvalue weighted by molar-refractivity contribution is 5.32. The summed E-state index contributed by atoms with van der Waals surface area (Å²) in [5, 5.41) is 13.7. The fraction of sp³-hybridized carbons (Fsp3) is 0.600. The van der Waals surface area contributed by atoms with Crippen molar-refractivity contribution in [2.24, 2.45) is 0 Å². The smallest absolute Gasteiger partial charge is 0.125 e. The summed E-state index contributed by atoms with van der Waals surface area (Å²) in [4.78, 5) is 0. The molecule has 0 spiro atoms. The Morgan fingerprint density at radius 3 is 2.61 bits per heavy atom. The number of hydrogen-bond donors (Lipinski definition) is 2. The van der Waals surface area contributed by atoms with E-state index in [1.807, 2.05) is 18.2 Å². The first kappa shape index (κ1) is 18.0. The van der Waals surface area contributed by atoms with Crippen molar-refractivity contribution in [1.82, 2.24) is 5.32 Å². The number of aromatic hydroxyl groups is 1. The number of hydrogen-bond acceptors (Lipinski definition) is 2. The SMILES string of the molecule is C=CC[N+](C)(C)C1(c2cccc(O)c2)CCC(NCCC)CC1. The largest absolute Gasteiger partial charge is 0.508 e. The first-order valence-corrected chi connectivity index (χ1v) is 8.92. The van der Waals surface area contributed by atoms with Crippen molar-refractivity contribution >= 4 is 0 Å². The third-order valence-corrected chi connectivity index (χ3v) is 5.62. The maximum absolute atomic E-state index is 9.98. The highest BCUT2D eigenvalue weighted by Gasteiger charge is 2.48. The third-order valence-electron chi connectivity index (χ3n) is 5.62. The molecule has 0 aliphatic heterocycles. The van der Waals surface area contributed by atoms with E-state index in [2.05, 4.69) is 39.0 Å². The predicted octanol–water partition coefficient (Wildman–Crippen LogP) is 3.79. The van der Waals surface area contributed by atoms with Crippen molar-refractivity contribution in [2.45, 2.75) is 50.6 Å². The van der Waals surface area contributed by atoms with Crippen LogP contribution in [0.5, 0.6) is 5.75 Å². The van der Waals surface area contributed by atoms with Gasteiger partial charge in [-0.15, -0.1) is 0 Å². The number of nitrogens with one attached hydrogen (secondary N) is 1. The van der Waals surface area contributed by atoms with E-state index in [-0.39, 0.29) is 5.54 Å². The van der Waals surface area contributed by atoms with Crippen molar-refractivity contribution in [3.63, 3.8) is 0 Å². The van der Waals surface area contributed by atoms with Gasteiger partial charge in [0.15, 0.2) is 0 Å². The van der Waals surface area contributed by atoms with Gasteiger partial charge in [-0.25, -0.2) is 0 Å². The summed E-state index contributed by atoms with van der Waals surface area (Å²) in [6, 6.07) is 8.51. The van der Waals surface area contributed by atoms with E-state index in [0.29, 0.717) is 11.8 Å². The number of likely N-dealkylation sites (N-methyl/N-ethyl adjacent to an activating group) is 1. The van der Waals surface area contributed by atoms with Crippen LogP contribution in [0.3, 0.4) is 0 Å². The number of nitrogens with zero attached hydrogens (tertiary/aromatic N) is 1. The molecule has 3 nitrogen and oxygen atoms in total. The van der Waals surface area contributed by atoms with Crippen molar-refractivity contribution < 1.29 is 9.59 Å². The van der Waals surface area contributed by atoms with E-state index in [9.17, 15) is 5.11 Å². The number of phenols is 1. The summed E-state index contributed by atoms with van der Waals surface area (Å²) in [6.07, 6.45) is 7.86. The number of benzene rings is 1. The van der Waals surface area contributed by atoms with E-state index in [4.69, 9.17) is 0 Å². The first-order chi connectivity index (χ1) is 10.9. The van der Waals surface area contributed by atoms with Crippen molar-refractivity contribution in [3.05, 3.63) is 42.5 Å². The zero-order valence-electron chi connectivity index (χ0n) is 15.0. The molecule has 1 aromatic carbocycles. The Balaban J connectivity index is 2.29. The lowest BCUT2D eigenvalue weighted by molar-refractivity contribution is -0.947. The van der Waals surface area contributed by atoms with Crippen LogP contribution < -0.4 is 5.32 Å². The molecular weight excluding hydrogens is 284 g/mol. The molecule has 0 radical (unpaired) electrons. The van der Waals surface area contributed by atoms with Gasteiger partial charge in [-0.1, -0.05) is 25.6 Å². The normalized spacial score (nSPS) is 25.3. The van der Waals surface area contributed by atoms with Gasteiger partial charge in [0.1, 0.15) is 11.3 Å². The minimum atomic E-state index is 0.0529. The fourth-order valence-corrected chi connectivity index (χ4v) is 4.18. The van der Waals surface area contributed by atoms with Gasteiger partial charge in [0.05, 0.1) is 20.6 Å². The summed E-state index contributed by atoms with van der Waals surface area (Å²) >= 11 is 0. The van der Waals surface area contributed by atoms with E-state index in [1.165, 1.54) is 24.8 Å². The van der Waals surface area contributed by atoms with Gasteiger partial charge < -0.3 is 14.9 Å². The molecule has 0 saturated heterocycles. The van der Waals surface area contributed by atoms with Crippen LogP contribution in [0.1, 0.15) is 44.6 Å². The molecule has 0 bridgehead atoms. The quantitative estimate of drug-likeness (QED) is 0.592. The van der Waals surface area contributed by atoms with Gasteiger partial charge in [-0.05, 0) is 44.0 Å². The Kier molecular flexibility index (Phi) is 5.88. The molecule has 1 aliphatic rings. The molecule has 0 unspecified atom stereocenters. The standard InChI is InChI=1S/C20H32N2O/c1-5-14-21-18-10-12-20(13-11-18,22(3,4)15-6-2)17-8-7-9-19(23)16-17/h6-9,16,18,21H,2,5,10-15H2,1,3-4H3/p+1. The van der Waals surface area contributed by atoms with Crippen LogP contribution in [-0.2, 0) is 5.54 Å². The maximum Gasteiger partial charge on any atom is 0.125 e. The van der Waals surface area contributed by atoms with Crippen LogP contribution in [0.25, 0.3) is 0 Å². The van der Waals surface area contributed by atoms with Gasteiger partial charge in [0, 0.05) is 24.4 Å². The topological polar surface area (TPSA) is 32.3 Å². The summed E-state index contributed by atoms with van der Waals surface area (Å²) < 4.78 is 0.889. The Morgan fingerprint density at radius 2 is 2.04 bits per heavy atom. The zero-order valence-corrected chi connectivity index (χ0v) is 15.0. The Bertz CT molecular complexity index is 516. The molecule has 1 saturated carbocycles. The Morgan fingerprint density at radius 1 is 1.35 bits per heavy atom. The molecule has 1 aliphatic carbocycles. The minimum Gasteiger partial charge on any atom is -0.508 e. The molecule has 23 heavy (non-hydrogen) atoms. The molecule has 2 N–H and O–H groups in total. The lowest BCUT2D eigenvalue weighted by Gasteiger charge is -2.52. The summed E-state index contributed by atoms with van der Waals surface area (Å²) in [5.41, 5.74) is 1.32. The van der Waals surface area contributed by atoms with Crippen LogP contribution in [0.2, 0.25) is 0 Å². The van der Waals surface area contributed by atoms with Gasteiger partial charge in [-0.2, -0.15) is 0 Å². The molecular formula is C20H33N2O+. The number of phenolic OH excluding ortho intramolecular Hbond substituents is 1. The van der Waals surface area contributed by atoms with E-state index in [1.54, 1.807) is 6.07 Å². The number of rotatable bonds is 7. The lowest BCUT2D eigenvalue weighted by Crippen LogP contribution is -2.59. The third kappa shape index (κ3) is 3.78. The molecule has 0 heterocycles. The highest BCUT2D eigenvalue weighted by atomic mass is 16.3. The van der Waals surface area contributed by atoms with E-state index in [0.717, 1.165) is 30.4 Å². The van der Waals surface area contributed by atoms with Gasteiger partial charge in [-0.3, -0.25) is 0 Å². The molecule has 1 fully saturated rings. The van der Waals surface area contributed by atoms with Crippen LogP contribution >= 0.6 is 0 Å². The van der Waals surface area contributed by atoms with Crippen LogP contribution in [0, 0.1) is 0 Å². The molecule has 128 valence electrons. The maximum atomic E-state index is 9.98. The lowest BCUT2D eigenvalue weighted by atomic mass is 9.72. The molecule has 1 aromatic rings. The van der Waals surface area contributed by atoms with E-state index < -0.39 is 0 Å². The second-order valence-electron chi connectivity index (χ2n) is 7.47. The molecule has 3 heteroatoms. The Hall–Kier alpha value is -1.32. The average molecular weight is 317 g/mol. The molecule has 0 aromatic heterocycles. The van der Waals surface area contributed by atoms with Crippen molar-refractivity contribution in [3.8, 4) is 5.75 Å². The highest BCUT2D eigenvalue weighted by Crippen LogP contribution is 2.45. The monoisotopic (exact) mass is 317 g/mol. The van der Waals surface area contributed by atoms with Crippen LogP contribution in [0.4, 0.5) is 0 Å². The second kappa shape index (κ2) is 7.50. The molecule has 0 atom stereocenters. The fourth-order valence-electron chi connectivity index (χ4n) is 4.18. The summed E-state index contributed by atoms with van der Waals surface area (Å²) in [6.45, 7) is 8.22. The predicted molar refractivity (Wildman–Crippen MR) is 97.5 cm³/mol. The molecule has 2 rings (SSSR count). The van der Waals surface area contributed by atoms with Gasteiger partial charge in [0.25, 0.3) is 0 Å². The van der Waals surface area contributed by atoms with Crippen molar-refractivity contribution in [1.29, 1.82) is 0 Å². The van der Waals surface area contributed by atoms with Crippen molar-refractivity contribution in [2.75, 3.05) is 27.2 Å². The summed E-state index contributed by atoms with van der Waals surface area (Å²) in [7, 11) is 4.59. The van der Waals surface area contributed by atoms with Gasteiger partial charge >= 0.3 is 0 Å². The van der Waals surface area contributed by atoms with Crippen LogP contribution in [0.15, 0.2) is 36.9 Å². The zero-order chi connectivity index (χ0) is 16.9. The summed E-state index contributed by atoms with van der Waals surface area (Å²) in [5.74, 6) is 0.367.